The first-order chi connectivity index (χ1) is 6.95. The minimum atomic E-state index is -4.86. The first kappa shape index (κ1) is 12.1. The maximum atomic E-state index is 10.9. The fraction of sp³-hybridized carbons (Fsp3) is 0.250. The van der Waals surface area contributed by atoms with E-state index in [0.29, 0.717) is 12.2 Å². The molecule has 0 amide bonds. The summed E-state index contributed by atoms with van der Waals surface area (Å²) in [5.74, 6) is 0. The van der Waals surface area contributed by atoms with Crippen LogP contribution in [0, 0.1) is 0 Å². The molecule has 0 saturated heterocycles. The molecule has 0 radical (unpaired) electrons. The number of nitrogen functional groups attached to an aromatic ring is 1. The summed E-state index contributed by atoms with van der Waals surface area (Å²) in [6.07, 6.45) is 0. The van der Waals surface area contributed by atoms with Crippen LogP contribution in [0.2, 0.25) is 0 Å². The van der Waals surface area contributed by atoms with Crippen molar-refractivity contribution in [1.29, 1.82) is 0 Å². The Morgan fingerprint density at radius 3 is 2.53 bits per heavy atom. The Kier molecular flexibility index (Phi) is 3.82. The van der Waals surface area contributed by atoms with Gasteiger partial charge in [-0.3, -0.25) is 0 Å². The van der Waals surface area contributed by atoms with Crippen LogP contribution in [0.4, 0.5) is 11.4 Å². The van der Waals surface area contributed by atoms with Crippen LogP contribution in [0.3, 0.4) is 0 Å². The second-order valence-corrected chi connectivity index (χ2v) is 6.33. The summed E-state index contributed by atoms with van der Waals surface area (Å²) in [6, 6.07) is 4.07. The number of benzene rings is 1. The van der Waals surface area contributed by atoms with Gasteiger partial charge in [-0.25, -0.2) is 0 Å². The normalized spacial score (nSPS) is 11.4. The number of rotatable bonds is 4. The molecule has 6 N–H and O–H groups in total. The molecule has 0 spiro atoms. The Hall–Kier alpha value is -0.942. The SMILES string of the molecule is Nc1cc([As](=O)(O)O)ccc1NCCO. The van der Waals surface area contributed by atoms with E-state index in [4.69, 9.17) is 19.0 Å². The molecule has 0 fully saturated rings. The van der Waals surface area contributed by atoms with Crippen molar-refractivity contribution in [2.45, 2.75) is 0 Å². The van der Waals surface area contributed by atoms with Crippen molar-refractivity contribution in [1.82, 2.24) is 0 Å². The number of hydrogen-bond acceptors (Lipinski definition) is 4. The van der Waals surface area contributed by atoms with Gasteiger partial charge in [0.25, 0.3) is 0 Å². The third kappa shape index (κ3) is 3.28. The Labute approximate surface area is 89.7 Å². The summed E-state index contributed by atoms with van der Waals surface area (Å²) in [5, 5.41) is 11.4. The molecule has 6 nitrogen and oxygen atoms in total. The predicted molar refractivity (Wildman–Crippen MR) is 56.9 cm³/mol. The summed E-state index contributed by atoms with van der Waals surface area (Å²) in [4.78, 5) is 0. The predicted octanol–water partition coefficient (Wildman–Crippen LogP) is -1.77. The van der Waals surface area contributed by atoms with Crippen LogP contribution in [0.5, 0.6) is 0 Å². The van der Waals surface area contributed by atoms with Crippen molar-refractivity contribution < 1.29 is 17.0 Å². The molecule has 0 unspecified atom stereocenters. The van der Waals surface area contributed by atoms with Crippen molar-refractivity contribution in [3.63, 3.8) is 0 Å². The molecule has 0 aliphatic carbocycles. The van der Waals surface area contributed by atoms with Crippen molar-refractivity contribution in [2.24, 2.45) is 0 Å². The Balaban J connectivity index is 2.93. The van der Waals surface area contributed by atoms with Crippen LogP contribution in [0.25, 0.3) is 0 Å². The van der Waals surface area contributed by atoms with Crippen LogP contribution < -0.4 is 15.4 Å². The Morgan fingerprint density at radius 1 is 1.40 bits per heavy atom. The standard InChI is InChI=1S/C8H13AsN2O4/c10-7-5-6(9(13,14)15)1-2-8(7)11-3-4-12/h1-2,5,11-12H,3-4,10H2,(H2,13,14,15). The minimum absolute atomic E-state index is 0.0382. The van der Waals surface area contributed by atoms with Crippen molar-refractivity contribution in [2.75, 3.05) is 24.2 Å². The number of nitrogens with one attached hydrogen (secondary N) is 1. The van der Waals surface area contributed by atoms with Gasteiger partial charge in [0, 0.05) is 0 Å². The summed E-state index contributed by atoms with van der Waals surface area (Å²) in [5.41, 5.74) is 6.39. The topological polar surface area (TPSA) is 116 Å². The van der Waals surface area contributed by atoms with Gasteiger partial charge in [-0.05, 0) is 0 Å². The molecule has 0 bridgehead atoms. The van der Waals surface area contributed by atoms with Crippen molar-refractivity contribution in [3.8, 4) is 0 Å². The van der Waals surface area contributed by atoms with E-state index in [0.717, 1.165) is 0 Å². The monoisotopic (exact) mass is 276 g/mol. The molecule has 1 rings (SSSR count). The van der Waals surface area contributed by atoms with Gasteiger partial charge in [-0.15, -0.1) is 0 Å². The molecule has 84 valence electrons. The van der Waals surface area contributed by atoms with Crippen molar-refractivity contribution in [3.05, 3.63) is 18.2 Å². The summed E-state index contributed by atoms with van der Waals surface area (Å²) < 4.78 is 28.8. The molecule has 1 aromatic rings. The van der Waals surface area contributed by atoms with Crippen LogP contribution in [0.1, 0.15) is 0 Å². The number of aliphatic hydroxyl groups is 1. The molecule has 0 heterocycles. The van der Waals surface area contributed by atoms with Gasteiger partial charge in [0.2, 0.25) is 0 Å². The van der Waals surface area contributed by atoms with Gasteiger partial charge in [0.15, 0.2) is 0 Å². The number of anilines is 2. The zero-order valence-electron chi connectivity index (χ0n) is 7.92. The second-order valence-electron chi connectivity index (χ2n) is 2.97. The fourth-order valence-electron chi connectivity index (χ4n) is 1.08. The molecular formula is C8H13AsN2O4. The van der Waals surface area contributed by atoms with Gasteiger partial charge in [-0.1, -0.05) is 0 Å². The summed E-state index contributed by atoms with van der Waals surface area (Å²) >= 11 is -4.86. The van der Waals surface area contributed by atoms with E-state index in [9.17, 15) is 3.74 Å². The van der Waals surface area contributed by atoms with Gasteiger partial charge >= 0.3 is 89.3 Å². The van der Waals surface area contributed by atoms with E-state index >= 15 is 0 Å². The van der Waals surface area contributed by atoms with Crippen molar-refractivity contribution >= 4 is 29.9 Å². The molecule has 0 aromatic heterocycles. The summed E-state index contributed by atoms with van der Waals surface area (Å²) in [7, 11) is 0. The number of nitrogens with two attached hydrogens (primary N) is 1. The van der Waals surface area contributed by atoms with Crippen LogP contribution >= 0.6 is 0 Å². The van der Waals surface area contributed by atoms with Gasteiger partial charge < -0.3 is 0 Å². The maximum absolute atomic E-state index is 10.9. The average molecular weight is 276 g/mol. The second kappa shape index (κ2) is 4.72. The number of hydrogen-bond donors (Lipinski definition) is 5. The first-order valence-corrected chi connectivity index (χ1v) is 7.64. The van der Waals surface area contributed by atoms with Gasteiger partial charge in [-0.2, -0.15) is 0 Å². The molecule has 15 heavy (non-hydrogen) atoms. The number of aliphatic hydroxyl groups excluding tert-OH is 1. The fourth-order valence-corrected chi connectivity index (χ4v) is 2.29. The zero-order valence-corrected chi connectivity index (χ0v) is 9.80. The van der Waals surface area contributed by atoms with E-state index in [2.05, 4.69) is 5.32 Å². The Bertz CT molecular complexity index is 390. The molecule has 0 aliphatic heterocycles. The molecule has 1 aromatic carbocycles. The van der Waals surface area contributed by atoms with Crippen LogP contribution in [-0.4, -0.2) is 40.6 Å². The summed E-state index contributed by atoms with van der Waals surface area (Å²) in [6.45, 7) is 0.300. The van der Waals surface area contributed by atoms with E-state index < -0.39 is 14.2 Å². The van der Waals surface area contributed by atoms with E-state index in [1.807, 2.05) is 0 Å². The Morgan fingerprint density at radius 2 is 2.07 bits per heavy atom. The zero-order chi connectivity index (χ0) is 11.5. The molecule has 0 atom stereocenters. The third-order valence-corrected chi connectivity index (χ3v) is 3.79. The van der Waals surface area contributed by atoms with E-state index in [1.165, 1.54) is 18.2 Å². The van der Waals surface area contributed by atoms with Crippen LogP contribution in [0.15, 0.2) is 18.2 Å². The van der Waals surface area contributed by atoms with Gasteiger partial charge in [0.1, 0.15) is 0 Å². The molecule has 0 aliphatic rings. The quantitative estimate of drug-likeness (QED) is 0.328. The average Bonchev–Trinajstić information content (AvgIpc) is 2.14. The molecule has 7 heteroatoms. The van der Waals surface area contributed by atoms with E-state index in [1.54, 1.807) is 0 Å². The van der Waals surface area contributed by atoms with E-state index in [-0.39, 0.29) is 16.6 Å². The molecule has 0 saturated carbocycles. The van der Waals surface area contributed by atoms with Gasteiger partial charge in [0.05, 0.1) is 0 Å². The molecular weight excluding hydrogens is 263 g/mol. The third-order valence-electron chi connectivity index (χ3n) is 1.80. The van der Waals surface area contributed by atoms with Crippen LogP contribution in [-0.2, 0) is 3.74 Å². The first-order valence-electron chi connectivity index (χ1n) is 4.25.